The van der Waals surface area contributed by atoms with Gasteiger partial charge in [0, 0.05) is 14.2 Å². The van der Waals surface area contributed by atoms with E-state index in [0.29, 0.717) is 5.75 Å². The van der Waals surface area contributed by atoms with Gasteiger partial charge in [-0.25, -0.2) is 0 Å². The summed E-state index contributed by atoms with van der Waals surface area (Å²) in [7, 11) is 5.19. The summed E-state index contributed by atoms with van der Waals surface area (Å²) in [5.41, 5.74) is 6.86. The molecular weight excluding hydrogens is 218 g/mol. The first-order valence-electron chi connectivity index (χ1n) is 5.92. The number of aryl methyl sites for hydroxylation is 1. The van der Waals surface area contributed by atoms with Crippen LogP contribution in [0.25, 0.3) is 0 Å². The van der Waals surface area contributed by atoms with Gasteiger partial charge in [0.25, 0.3) is 0 Å². The minimum Gasteiger partial charge on any atom is -0.493 e. The lowest BCUT2D eigenvalue weighted by atomic mass is 9.86. The van der Waals surface area contributed by atoms with Crippen molar-refractivity contribution >= 4 is 0 Å². The minimum atomic E-state index is -0.374. The first kappa shape index (κ1) is 14.0. The number of aromatic nitrogens is 2. The Hall–Kier alpha value is -1.07. The topological polar surface area (TPSA) is 62.3 Å². The Kier molecular flexibility index (Phi) is 4.54. The summed E-state index contributed by atoms with van der Waals surface area (Å²) in [4.78, 5) is 0. The van der Waals surface area contributed by atoms with Crippen molar-refractivity contribution in [1.29, 1.82) is 0 Å². The second-order valence-corrected chi connectivity index (χ2v) is 4.18. The van der Waals surface area contributed by atoms with Crippen LogP contribution >= 0.6 is 0 Å². The zero-order chi connectivity index (χ0) is 13.1. The van der Waals surface area contributed by atoms with Gasteiger partial charge in [0.15, 0.2) is 5.75 Å². The van der Waals surface area contributed by atoms with Crippen molar-refractivity contribution in [2.75, 3.05) is 14.2 Å². The fourth-order valence-electron chi connectivity index (χ4n) is 2.29. The smallest absolute Gasteiger partial charge is 0.161 e. The highest BCUT2D eigenvalue weighted by Crippen LogP contribution is 2.36. The summed E-state index contributed by atoms with van der Waals surface area (Å²) >= 11 is 0. The average molecular weight is 241 g/mol. The zero-order valence-corrected chi connectivity index (χ0v) is 11.4. The summed E-state index contributed by atoms with van der Waals surface area (Å²) < 4.78 is 12.7. The molecule has 1 rings (SSSR count). The maximum absolute atomic E-state index is 6.36. The van der Waals surface area contributed by atoms with Crippen LogP contribution in [0.4, 0.5) is 0 Å². The highest BCUT2D eigenvalue weighted by atomic mass is 16.5. The van der Waals surface area contributed by atoms with Crippen molar-refractivity contribution in [2.45, 2.75) is 38.3 Å². The Morgan fingerprint density at radius 1 is 1.41 bits per heavy atom. The van der Waals surface area contributed by atoms with E-state index >= 15 is 0 Å². The van der Waals surface area contributed by atoms with E-state index in [2.05, 4.69) is 18.9 Å². The molecule has 0 aliphatic rings. The first-order valence-corrected chi connectivity index (χ1v) is 5.92. The fraction of sp³-hybridized carbons (Fsp3) is 0.750. The Balaban J connectivity index is 3.17. The number of methoxy groups -OCH3 is 2. The average Bonchev–Trinajstić information content (AvgIpc) is 2.73. The van der Waals surface area contributed by atoms with Crippen LogP contribution in [0, 0.1) is 0 Å². The van der Waals surface area contributed by atoms with E-state index in [0.717, 1.165) is 18.5 Å². The molecule has 17 heavy (non-hydrogen) atoms. The number of hydrogen-bond donors (Lipinski definition) is 1. The van der Waals surface area contributed by atoms with E-state index in [1.165, 1.54) is 0 Å². The molecular formula is C12H23N3O2. The molecule has 0 fully saturated rings. The van der Waals surface area contributed by atoms with E-state index in [1.54, 1.807) is 25.1 Å². The van der Waals surface area contributed by atoms with Crippen molar-refractivity contribution in [3.8, 4) is 5.75 Å². The van der Waals surface area contributed by atoms with Crippen molar-refractivity contribution in [1.82, 2.24) is 9.78 Å². The van der Waals surface area contributed by atoms with Gasteiger partial charge in [0.05, 0.1) is 30.6 Å². The zero-order valence-electron chi connectivity index (χ0n) is 11.4. The standard InChI is InChI=1S/C12H23N3O2/c1-6-12(7-2,17-5)11(13)10-9(16-4)8-14-15(10)3/h8,11H,6-7,13H2,1-5H3. The molecule has 0 aromatic carbocycles. The van der Waals surface area contributed by atoms with Gasteiger partial charge in [-0.1, -0.05) is 13.8 Å². The molecule has 1 aromatic heterocycles. The van der Waals surface area contributed by atoms with Crippen LogP contribution in [0.15, 0.2) is 6.20 Å². The van der Waals surface area contributed by atoms with Gasteiger partial charge >= 0.3 is 0 Å². The second-order valence-electron chi connectivity index (χ2n) is 4.18. The van der Waals surface area contributed by atoms with Gasteiger partial charge in [-0.05, 0) is 12.8 Å². The monoisotopic (exact) mass is 241 g/mol. The Bertz CT molecular complexity index is 350. The normalized spacial score (nSPS) is 13.8. The SMILES string of the molecule is CCC(CC)(OC)C(N)c1c(OC)cnn1C. The molecule has 0 aliphatic carbocycles. The minimum absolute atomic E-state index is 0.259. The van der Waals surface area contributed by atoms with E-state index in [1.807, 2.05) is 7.05 Å². The molecule has 1 aromatic rings. The molecule has 0 radical (unpaired) electrons. The third kappa shape index (κ3) is 2.30. The molecule has 98 valence electrons. The van der Waals surface area contributed by atoms with Crippen LogP contribution in [0.2, 0.25) is 0 Å². The lowest BCUT2D eigenvalue weighted by Gasteiger charge is -2.36. The van der Waals surface area contributed by atoms with Gasteiger partial charge in [-0.2, -0.15) is 5.10 Å². The van der Waals surface area contributed by atoms with Gasteiger partial charge in [0.1, 0.15) is 0 Å². The first-order chi connectivity index (χ1) is 8.06. The van der Waals surface area contributed by atoms with Crippen LogP contribution < -0.4 is 10.5 Å². The maximum atomic E-state index is 6.36. The molecule has 5 heteroatoms. The van der Waals surface area contributed by atoms with Gasteiger partial charge in [-0.3, -0.25) is 4.68 Å². The lowest BCUT2D eigenvalue weighted by Crippen LogP contribution is -2.43. The summed E-state index contributed by atoms with van der Waals surface area (Å²) in [6.45, 7) is 4.16. The van der Waals surface area contributed by atoms with E-state index in [9.17, 15) is 0 Å². The number of hydrogen-bond acceptors (Lipinski definition) is 4. The molecule has 1 unspecified atom stereocenters. The molecule has 2 N–H and O–H groups in total. The Morgan fingerprint density at radius 3 is 2.41 bits per heavy atom. The molecule has 0 aliphatic heterocycles. The quantitative estimate of drug-likeness (QED) is 0.822. The van der Waals surface area contributed by atoms with Crippen LogP contribution in [0.3, 0.4) is 0 Å². The summed E-state index contributed by atoms with van der Waals surface area (Å²) in [5.74, 6) is 0.711. The summed E-state index contributed by atoms with van der Waals surface area (Å²) in [6.07, 6.45) is 3.37. The summed E-state index contributed by atoms with van der Waals surface area (Å²) in [6, 6.07) is -0.259. The predicted octanol–water partition coefficient (Wildman–Crippen LogP) is 1.63. The molecule has 0 saturated heterocycles. The van der Waals surface area contributed by atoms with Crippen LogP contribution in [-0.2, 0) is 11.8 Å². The van der Waals surface area contributed by atoms with E-state index < -0.39 is 0 Å². The largest absolute Gasteiger partial charge is 0.493 e. The summed E-state index contributed by atoms with van der Waals surface area (Å²) in [5, 5.41) is 4.18. The third-order valence-corrected chi connectivity index (χ3v) is 3.63. The second kappa shape index (κ2) is 5.51. The van der Waals surface area contributed by atoms with Gasteiger partial charge in [-0.15, -0.1) is 0 Å². The number of nitrogens with zero attached hydrogens (tertiary/aromatic N) is 2. The highest BCUT2D eigenvalue weighted by molar-refractivity contribution is 5.30. The van der Waals surface area contributed by atoms with Crippen LogP contribution in [0.1, 0.15) is 38.4 Å². The molecule has 0 spiro atoms. The molecule has 0 bridgehead atoms. The van der Waals surface area contributed by atoms with Crippen molar-refractivity contribution in [3.05, 3.63) is 11.9 Å². The van der Waals surface area contributed by atoms with E-state index in [4.69, 9.17) is 15.2 Å². The fourth-order valence-corrected chi connectivity index (χ4v) is 2.29. The highest BCUT2D eigenvalue weighted by Gasteiger charge is 2.37. The predicted molar refractivity (Wildman–Crippen MR) is 67.0 cm³/mol. The van der Waals surface area contributed by atoms with Gasteiger partial charge in [0.2, 0.25) is 0 Å². The van der Waals surface area contributed by atoms with Crippen molar-refractivity contribution in [2.24, 2.45) is 12.8 Å². The third-order valence-electron chi connectivity index (χ3n) is 3.63. The molecule has 0 amide bonds. The number of nitrogens with two attached hydrogens (primary N) is 1. The molecule has 1 atom stereocenters. The van der Waals surface area contributed by atoms with Crippen molar-refractivity contribution in [3.63, 3.8) is 0 Å². The van der Waals surface area contributed by atoms with Crippen molar-refractivity contribution < 1.29 is 9.47 Å². The Labute approximate surface area is 103 Å². The Morgan fingerprint density at radius 2 is 2.00 bits per heavy atom. The lowest BCUT2D eigenvalue weighted by molar-refractivity contribution is -0.0407. The number of rotatable bonds is 6. The molecule has 0 saturated carbocycles. The van der Waals surface area contributed by atoms with Crippen LogP contribution in [0.5, 0.6) is 5.75 Å². The van der Waals surface area contributed by atoms with E-state index in [-0.39, 0.29) is 11.6 Å². The molecule has 1 heterocycles. The van der Waals surface area contributed by atoms with Crippen LogP contribution in [-0.4, -0.2) is 29.6 Å². The maximum Gasteiger partial charge on any atom is 0.161 e. The van der Waals surface area contributed by atoms with Gasteiger partial charge < -0.3 is 15.2 Å². The molecule has 5 nitrogen and oxygen atoms in total. The number of ether oxygens (including phenoxy) is 2.